The van der Waals surface area contributed by atoms with Crippen LogP contribution in [-0.2, 0) is 38.7 Å². The van der Waals surface area contributed by atoms with Gasteiger partial charge in [0.25, 0.3) is 0 Å². The smallest absolute Gasteiger partial charge is 0.161 e. The van der Waals surface area contributed by atoms with Crippen LogP contribution in [0.3, 0.4) is 0 Å². The van der Waals surface area contributed by atoms with Crippen molar-refractivity contribution in [2.45, 2.75) is 134 Å². The highest BCUT2D eigenvalue weighted by atomic mass is 16.5. The molecule has 316 valence electrons. The number of unbranched alkanes of at least 4 members (excludes halogenated alkanes) is 2. The maximum atomic E-state index is 11.5. The van der Waals surface area contributed by atoms with E-state index in [0.717, 1.165) is 85.7 Å². The van der Waals surface area contributed by atoms with Crippen LogP contribution >= 0.6 is 0 Å². The van der Waals surface area contributed by atoms with Crippen molar-refractivity contribution in [2.24, 2.45) is 28.9 Å². The zero-order valence-corrected chi connectivity index (χ0v) is 34.8. The number of rotatable bonds is 21. The third-order valence-corrected chi connectivity index (χ3v) is 13.9. The number of furan rings is 1. The third-order valence-electron chi connectivity index (χ3n) is 13.9. The minimum Gasteiger partial charge on any atom is -0.504 e. The number of fused-ring (bicyclic) bond motifs is 3. The van der Waals surface area contributed by atoms with E-state index >= 15 is 0 Å². The van der Waals surface area contributed by atoms with Gasteiger partial charge in [-0.2, -0.15) is 0 Å². The summed E-state index contributed by atoms with van der Waals surface area (Å²) in [6, 6.07) is 20.1. The average molecular weight is 796 g/mol. The molecule has 58 heavy (non-hydrogen) atoms. The first-order chi connectivity index (χ1) is 28.2. The minimum atomic E-state index is -0.880. The monoisotopic (exact) mass is 796 g/mol. The average Bonchev–Trinajstić information content (AvgIpc) is 4.05. The fourth-order valence-electron chi connectivity index (χ4n) is 11.0. The topological polar surface area (TPSA) is 157 Å². The van der Waals surface area contributed by atoms with Crippen molar-refractivity contribution in [1.82, 2.24) is 10.3 Å². The van der Waals surface area contributed by atoms with Gasteiger partial charge in [-0.05, 0) is 135 Å². The Hall–Kier alpha value is -3.60. The number of aryl methyl sites for hydroxylation is 3. The van der Waals surface area contributed by atoms with Crippen LogP contribution in [-0.4, -0.2) is 57.8 Å². The van der Waals surface area contributed by atoms with Crippen LogP contribution < -0.4 is 15.8 Å². The van der Waals surface area contributed by atoms with Gasteiger partial charge in [-0.25, -0.2) is 0 Å². The lowest BCUT2D eigenvalue weighted by atomic mass is 9.66. The number of aromatic amines is 1. The van der Waals surface area contributed by atoms with Gasteiger partial charge in [-0.15, -0.1) is 0 Å². The SMILES string of the molecule is C[C@H](O)CNC[C@H]1c2cc([C@@H](O)COc3cc(CCc4cc(CO)c(CCCCC[C@H](CN)Cc5ccccc5)o4)ccc3O)[nH]c2CC2(CCCC2)[C@H]2CCC[C@@H]12. The van der Waals surface area contributed by atoms with E-state index in [9.17, 15) is 20.4 Å². The Kier molecular flexibility index (Phi) is 14.7. The van der Waals surface area contributed by atoms with E-state index in [1.54, 1.807) is 6.07 Å². The Morgan fingerprint density at radius 2 is 1.78 bits per heavy atom. The van der Waals surface area contributed by atoms with E-state index in [4.69, 9.17) is 14.9 Å². The quantitative estimate of drug-likeness (QED) is 0.0416. The molecule has 0 bridgehead atoms. The number of phenolic OH excluding ortho intramolecular Hbond substituents is 1. The summed E-state index contributed by atoms with van der Waals surface area (Å²) in [5.74, 6) is 4.26. The molecular formula is C49H69N3O6. The molecule has 0 radical (unpaired) electrons. The van der Waals surface area contributed by atoms with Crippen molar-refractivity contribution in [3.8, 4) is 11.5 Å². The molecule has 6 atom stereocenters. The summed E-state index contributed by atoms with van der Waals surface area (Å²) in [4.78, 5) is 3.69. The molecule has 4 aromatic rings. The van der Waals surface area contributed by atoms with Crippen molar-refractivity contribution in [1.29, 1.82) is 0 Å². The molecule has 0 saturated heterocycles. The predicted octanol–water partition coefficient (Wildman–Crippen LogP) is 8.21. The largest absolute Gasteiger partial charge is 0.504 e. The van der Waals surface area contributed by atoms with Gasteiger partial charge in [-0.1, -0.05) is 68.5 Å². The third kappa shape index (κ3) is 10.4. The number of nitrogens with two attached hydrogens (primary N) is 1. The molecule has 0 unspecified atom stereocenters. The number of hydrogen-bond acceptors (Lipinski definition) is 8. The van der Waals surface area contributed by atoms with Crippen LogP contribution in [0, 0.1) is 23.2 Å². The van der Waals surface area contributed by atoms with Crippen LogP contribution in [0.25, 0.3) is 0 Å². The highest BCUT2D eigenvalue weighted by molar-refractivity contribution is 5.42. The second-order valence-electron chi connectivity index (χ2n) is 18.1. The first-order valence-corrected chi connectivity index (χ1v) is 22.4. The summed E-state index contributed by atoms with van der Waals surface area (Å²) in [6.07, 6.45) is 16.3. The molecule has 2 aromatic carbocycles. The minimum absolute atomic E-state index is 0.0137. The number of aliphatic hydroxyl groups excluding tert-OH is 3. The summed E-state index contributed by atoms with van der Waals surface area (Å²) < 4.78 is 12.4. The second kappa shape index (κ2) is 20.1. The molecule has 3 aliphatic rings. The van der Waals surface area contributed by atoms with E-state index in [1.165, 1.54) is 61.8 Å². The lowest BCUT2D eigenvalue weighted by molar-refractivity contribution is 0.101. The van der Waals surface area contributed by atoms with Crippen LogP contribution in [0.2, 0.25) is 0 Å². The maximum absolute atomic E-state index is 11.5. The zero-order chi connectivity index (χ0) is 40.5. The number of hydrogen-bond donors (Lipinski definition) is 7. The predicted molar refractivity (Wildman–Crippen MR) is 229 cm³/mol. The normalized spacial score (nSPS) is 21.4. The molecule has 1 spiro atoms. The highest BCUT2D eigenvalue weighted by Crippen LogP contribution is 2.60. The summed E-state index contributed by atoms with van der Waals surface area (Å²) >= 11 is 0. The van der Waals surface area contributed by atoms with Gasteiger partial charge in [0, 0.05) is 48.8 Å². The first-order valence-electron chi connectivity index (χ1n) is 22.4. The summed E-state index contributed by atoms with van der Waals surface area (Å²) in [5.41, 5.74) is 13.0. The zero-order valence-electron chi connectivity index (χ0n) is 34.8. The number of nitrogens with one attached hydrogen (secondary N) is 2. The van der Waals surface area contributed by atoms with Gasteiger partial charge in [0.1, 0.15) is 24.2 Å². The summed E-state index contributed by atoms with van der Waals surface area (Å²) in [6.45, 7) is 3.89. The number of aromatic hydroxyl groups is 1. The van der Waals surface area contributed by atoms with Gasteiger partial charge in [0.15, 0.2) is 11.5 Å². The summed E-state index contributed by atoms with van der Waals surface area (Å²) in [7, 11) is 0. The van der Waals surface area contributed by atoms with Crippen molar-refractivity contribution >= 4 is 0 Å². The highest BCUT2D eigenvalue weighted by Gasteiger charge is 2.51. The lowest BCUT2D eigenvalue weighted by Gasteiger charge is -2.39. The molecule has 2 saturated carbocycles. The van der Waals surface area contributed by atoms with E-state index < -0.39 is 12.2 Å². The fourth-order valence-corrected chi connectivity index (χ4v) is 11.0. The molecule has 9 nitrogen and oxygen atoms in total. The lowest BCUT2D eigenvalue weighted by Crippen LogP contribution is -2.36. The van der Waals surface area contributed by atoms with Crippen molar-refractivity contribution < 1.29 is 29.6 Å². The van der Waals surface area contributed by atoms with E-state index in [0.29, 0.717) is 54.8 Å². The van der Waals surface area contributed by atoms with E-state index in [1.807, 2.05) is 31.2 Å². The molecule has 8 N–H and O–H groups in total. The Balaban J connectivity index is 0.929. The van der Waals surface area contributed by atoms with E-state index in [2.05, 4.69) is 40.6 Å². The van der Waals surface area contributed by atoms with Crippen LogP contribution in [0.15, 0.2) is 65.1 Å². The number of aliphatic hydroxyl groups is 3. The molecule has 7 rings (SSSR count). The molecule has 3 aliphatic carbocycles. The van der Waals surface area contributed by atoms with E-state index in [-0.39, 0.29) is 19.0 Å². The standard InChI is InChI=1S/C49H69N3O6/c1-33(54)29-51-30-41-39-14-10-15-42(39)49(21-8-9-22-49)27-44-40(41)26-43(52-44)46(56)32-57-48-24-35(18-20-45(48)55)17-19-38-25-37(31-53)47(58-38)16-7-3-6-13-36(28-50)23-34-11-4-2-5-12-34/h2,4-5,11-12,18,20,24-26,33,36,39,41-42,46,51-56H,3,6-10,13-17,19,21-23,27-32,50H2,1H3/t33-,36-,39-,41+,42-,46-/m0/s1. The van der Waals surface area contributed by atoms with Crippen LogP contribution in [0.4, 0.5) is 0 Å². The molecule has 0 amide bonds. The summed E-state index contributed by atoms with van der Waals surface area (Å²) in [5, 5.41) is 45.9. The molecule has 9 heteroatoms. The van der Waals surface area contributed by atoms with Gasteiger partial charge >= 0.3 is 0 Å². The number of phenols is 1. The van der Waals surface area contributed by atoms with Gasteiger partial charge in [-0.3, -0.25) is 0 Å². The van der Waals surface area contributed by atoms with Gasteiger partial charge < -0.3 is 45.6 Å². The Morgan fingerprint density at radius 3 is 2.55 bits per heavy atom. The molecule has 2 aromatic heterocycles. The Labute approximate surface area is 345 Å². The number of ether oxygens (including phenoxy) is 1. The second-order valence-corrected chi connectivity index (χ2v) is 18.1. The molecule has 2 fully saturated rings. The Morgan fingerprint density at radius 1 is 0.948 bits per heavy atom. The van der Waals surface area contributed by atoms with Gasteiger partial charge in [0.2, 0.25) is 0 Å². The maximum Gasteiger partial charge on any atom is 0.161 e. The van der Waals surface area contributed by atoms with Crippen LogP contribution in [0.1, 0.15) is 135 Å². The molecule has 0 aliphatic heterocycles. The van der Waals surface area contributed by atoms with Crippen molar-refractivity contribution in [3.63, 3.8) is 0 Å². The number of aromatic nitrogens is 1. The van der Waals surface area contributed by atoms with Crippen molar-refractivity contribution in [2.75, 3.05) is 26.2 Å². The molecule has 2 heterocycles. The van der Waals surface area contributed by atoms with Gasteiger partial charge in [0.05, 0.1) is 12.7 Å². The number of benzene rings is 2. The fraction of sp³-hybridized carbons (Fsp3) is 0.592. The molecular weight excluding hydrogens is 727 g/mol. The first kappa shape index (κ1) is 42.5. The Bertz CT molecular complexity index is 1860. The number of H-pyrrole nitrogens is 1. The van der Waals surface area contributed by atoms with Crippen molar-refractivity contribution in [3.05, 3.63) is 106 Å². The van der Waals surface area contributed by atoms with Crippen LogP contribution in [0.5, 0.6) is 11.5 Å².